The van der Waals surface area contributed by atoms with Crippen LogP contribution >= 0.6 is 0 Å². The summed E-state index contributed by atoms with van der Waals surface area (Å²) in [5.74, 6) is 0. The number of ether oxygens (including phenoxy) is 2. The second-order valence-corrected chi connectivity index (χ2v) is 16.2. The maximum absolute atomic E-state index is 9.66. The second kappa shape index (κ2) is 46.9. The zero-order chi connectivity index (χ0) is 36.1. The Morgan fingerprint density at radius 2 is 0.520 bits per heavy atom. The van der Waals surface area contributed by atoms with E-state index in [1.165, 1.54) is 244 Å². The molecule has 1 N–H and O–H groups in total. The molecule has 0 spiro atoms. The largest absolute Gasteiger partial charge is 0.394 e. The van der Waals surface area contributed by atoms with Crippen LogP contribution in [0.3, 0.4) is 0 Å². The Morgan fingerprint density at radius 3 is 0.760 bits per heavy atom. The van der Waals surface area contributed by atoms with Gasteiger partial charge in [-0.2, -0.15) is 0 Å². The van der Waals surface area contributed by atoms with E-state index in [1.54, 1.807) is 0 Å². The van der Waals surface area contributed by atoms with Gasteiger partial charge in [0.2, 0.25) is 0 Å². The highest BCUT2D eigenvalue weighted by Crippen LogP contribution is 2.17. The van der Waals surface area contributed by atoms with Crippen molar-refractivity contribution in [3.8, 4) is 0 Å². The molecule has 0 fully saturated rings. The second-order valence-electron chi connectivity index (χ2n) is 16.2. The number of unbranched alkanes of at least 4 members (excludes halogenated alkanes) is 38. The molecule has 1 atom stereocenters. The summed E-state index contributed by atoms with van der Waals surface area (Å²) < 4.78 is 11.7. The molecular weight excluding hydrogens is 613 g/mol. The van der Waals surface area contributed by atoms with Crippen LogP contribution in [-0.4, -0.2) is 37.6 Å². The van der Waals surface area contributed by atoms with Gasteiger partial charge in [0.25, 0.3) is 0 Å². The molecule has 50 heavy (non-hydrogen) atoms. The average Bonchev–Trinajstić information content (AvgIpc) is 3.13. The quantitative estimate of drug-likeness (QED) is 0.0640. The van der Waals surface area contributed by atoms with E-state index in [-0.39, 0.29) is 12.7 Å². The molecule has 0 aliphatic carbocycles. The number of aliphatic hydroxyl groups is 1. The van der Waals surface area contributed by atoms with Crippen molar-refractivity contribution in [1.82, 2.24) is 0 Å². The SMILES string of the molecule is CCCCCCCCCCCCCCCCCCCCCCOC[C@@H](CO)OCCCCCCCCCCCCCCCCCCCCCC. The van der Waals surface area contributed by atoms with Gasteiger partial charge in [0.05, 0.1) is 13.2 Å². The van der Waals surface area contributed by atoms with Crippen LogP contribution < -0.4 is 0 Å². The molecule has 0 amide bonds. The molecule has 0 aromatic carbocycles. The molecule has 0 aliphatic heterocycles. The third-order valence-corrected chi connectivity index (χ3v) is 11.0. The van der Waals surface area contributed by atoms with E-state index in [2.05, 4.69) is 13.8 Å². The van der Waals surface area contributed by atoms with Crippen molar-refractivity contribution in [3.05, 3.63) is 0 Å². The Labute approximate surface area is 317 Å². The van der Waals surface area contributed by atoms with Crippen LogP contribution in [0.1, 0.15) is 271 Å². The molecule has 0 heterocycles. The number of hydrogen-bond donors (Lipinski definition) is 1. The first-order chi connectivity index (χ1) is 24.8. The van der Waals surface area contributed by atoms with Gasteiger partial charge >= 0.3 is 0 Å². The summed E-state index contributed by atoms with van der Waals surface area (Å²) in [5.41, 5.74) is 0. The van der Waals surface area contributed by atoms with Crippen molar-refractivity contribution in [2.45, 2.75) is 277 Å². The van der Waals surface area contributed by atoms with Gasteiger partial charge in [0.15, 0.2) is 0 Å². The summed E-state index contributed by atoms with van der Waals surface area (Å²) in [6.07, 6.45) is 56.2. The first-order valence-electron chi connectivity index (χ1n) is 23.6. The van der Waals surface area contributed by atoms with Gasteiger partial charge in [-0.15, -0.1) is 0 Å². The van der Waals surface area contributed by atoms with Crippen molar-refractivity contribution in [2.75, 3.05) is 26.4 Å². The summed E-state index contributed by atoms with van der Waals surface area (Å²) in [7, 11) is 0. The van der Waals surface area contributed by atoms with Gasteiger partial charge in [-0.3, -0.25) is 0 Å². The van der Waals surface area contributed by atoms with Crippen LogP contribution in [0.2, 0.25) is 0 Å². The van der Waals surface area contributed by atoms with E-state index < -0.39 is 0 Å². The van der Waals surface area contributed by atoms with Crippen LogP contribution in [0, 0.1) is 0 Å². The fourth-order valence-corrected chi connectivity index (χ4v) is 7.43. The molecular formula is C47H96O3. The Balaban J connectivity index is 3.23. The first kappa shape index (κ1) is 49.9. The minimum Gasteiger partial charge on any atom is -0.394 e. The predicted molar refractivity (Wildman–Crippen MR) is 224 cm³/mol. The first-order valence-corrected chi connectivity index (χ1v) is 23.6. The Bertz CT molecular complexity index is 567. The molecule has 0 unspecified atom stereocenters. The van der Waals surface area contributed by atoms with Gasteiger partial charge in [-0.25, -0.2) is 0 Å². The highest BCUT2D eigenvalue weighted by Gasteiger charge is 2.07. The smallest absolute Gasteiger partial charge is 0.104 e. The lowest BCUT2D eigenvalue weighted by Gasteiger charge is -2.15. The zero-order valence-corrected chi connectivity index (χ0v) is 35.0. The molecule has 0 aromatic rings. The summed E-state index contributed by atoms with van der Waals surface area (Å²) >= 11 is 0. The molecule has 3 heteroatoms. The van der Waals surface area contributed by atoms with E-state index >= 15 is 0 Å². The summed E-state index contributed by atoms with van der Waals surface area (Å²) in [5, 5.41) is 9.66. The summed E-state index contributed by atoms with van der Waals surface area (Å²) in [6, 6.07) is 0. The van der Waals surface area contributed by atoms with Crippen LogP contribution in [0.15, 0.2) is 0 Å². The Morgan fingerprint density at radius 1 is 0.300 bits per heavy atom. The molecule has 0 rings (SSSR count). The molecule has 0 saturated carbocycles. The van der Waals surface area contributed by atoms with E-state index in [0.29, 0.717) is 6.61 Å². The maximum Gasteiger partial charge on any atom is 0.104 e. The number of hydrogen-bond acceptors (Lipinski definition) is 3. The zero-order valence-electron chi connectivity index (χ0n) is 35.0. The Hall–Kier alpha value is -0.120. The topological polar surface area (TPSA) is 38.7 Å². The molecule has 0 bridgehead atoms. The third-order valence-electron chi connectivity index (χ3n) is 11.0. The van der Waals surface area contributed by atoms with Crippen molar-refractivity contribution < 1.29 is 14.6 Å². The molecule has 0 aliphatic rings. The molecule has 0 radical (unpaired) electrons. The fraction of sp³-hybridized carbons (Fsp3) is 1.00. The van der Waals surface area contributed by atoms with Crippen molar-refractivity contribution in [2.24, 2.45) is 0 Å². The van der Waals surface area contributed by atoms with Crippen LogP contribution in [-0.2, 0) is 9.47 Å². The average molecular weight is 709 g/mol. The van der Waals surface area contributed by atoms with Gasteiger partial charge in [-0.05, 0) is 12.8 Å². The van der Waals surface area contributed by atoms with E-state index in [1.807, 2.05) is 0 Å². The van der Waals surface area contributed by atoms with Gasteiger partial charge in [0.1, 0.15) is 6.10 Å². The summed E-state index contributed by atoms with van der Waals surface area (Å²) in [6.45, 7) is 6.77. The Kier molecular flexibility index (Phi) is 46.8. The predicted octanol–water partition coefficient (Wildman–Crippen LogP) is 16.0. The van der Waals surface area contributed by atoms with Crippen molar-refractivity contribution >= 4 is 0 Å². The number of rotatable bonds is 46. The van der Waals surface area contributed by atoms with Gasteiger partial charge in [0, 0.05) is 13.2 Å². The minimum atomic E-state index is -0.152. The van der Waals surface area contributed by atoms with Gasteiger partial charge in [-0.1, -0.05) is 258 Å². The molecule has 0 aromatic heterocycles. The third kappa shape index (κ3) is 44.0. The van der Waals surface area contributed by atoms with E-state index in [9.17, 15) is 5.11 Å². The lowest BCUT2D eigenvalue weighted by Crippen LogP contribution is -2.24. The highest BCUT2D eigenvalue weighted by atomic mass is 16.5. The van der Waals surface area contributed by atoms with E-state index in [0.717, 1.165) is 26.1 Å². The standard InChI is InChI=1S/C47H96O3/c1-3-5-7-9-11-13-15-17-19-21-23-25-27-29-31-33-35-37-39-41-43-49-46-47(45-48)50-44-42-40-38-36-34-32-30-28-26-24-22-20-18-16-14-12-10-8-6-4-2/h47-48H,3-46H2,1-2H3/t47-/m1/s1. The molecule has 302 valence electrons. The minimum absolute atomic E-state index is 0.0679. The molecule has 0 saturated heterocycles. The number of aliphatic hydroxyl groups excluding tert-OH is 1. The maximum atomic E-state index is 9.66. The lowest BCUT2D eigenvalue weighted by atomic mass is 10.0. The normalized spacial score (nSPS) is 12.3. The van der Waals surface area contributed by atoms with Crippen LogP contribution in [0.25, 0.3) is 0 Å². The summed E-state index contributed by atoms with van der Waals surface area (Å²) in [4.78, 5) is 0. The van der Waals surface area contributed by atoms with Gasteiger partial charge < -0.3 is 14.6 Å². The highest BCUT2D eigenvalue weighted by molar-refractivity contribution is 4.56. The monoisotopic (exact) mass is 709 g/mol. The van der Waals surface area contributed by atoms with Crippen molar-refractivity contribution in [1.29, 1.82) is 0 Å². The molecule has 3 nitrogen and oxygen atoms in total. The van der Waals surface area contributed by atoms with Crippen LogP contribution in [0.4, 0.5) is 0 Å². The van der Waals surface area contributed by atoms with Crippen molar-refractivity contribution in [3.63, 3.8) is 0 Å². The van der Waals surface area contributed by atoms with Crippen LogP contribution in [0.5, 0.6) is 0 Å². The fourth-order valence-electron chi connectivity index (χ4n) is 7.43. The lowest BCUT2D eigenvalue weighted by molar-refractivity contribution is -0.0437. The van der Waals surface area contributed by atoms with E-state index in [4.69, 9.17) is 9.47 Å².